The van der Waals surface area contributed by atoms with Crippen LogP contribution in [0.4, 0.5) is 0 Å². The van der Waals surface area contributed by atoms with Crippen LogP contribution in [0.2, 0.25) is 0 Å². The predicted molar refractivity (Wildman–Crippen MR) is 112 cm³/mol. The van der Waals surface area contributed by atoms with Crippen LogP contribution < -0.4 is 0 Å². The van der Waals surface area contributed by atoms with Gasteiger partial charge in [0.2, 0.25) is 5.79 Å². The average molecular weight is 469 g/mol. The van der Waals surface area contributed by atoms with E-state index in [9.17, 15) is 30.0 Å². The molecule has 6 aliphatic rings. The van der Waals surface area contributed by atoms with E-state index in [0.29, 0.717) is 25.7 Å². The number of esters is 2. The Bertz CT molecular complexity index is 874. The Morgan fingerprint density at radius 2 is 1.76 bits per heavy atom. The third kappa shape index (κ3) is 2.60. The smallest absolute Gasteiger partial charge is 0.303 e. The highest BCUT2D eigenvalue weighted by atomic mass is 16.7. The highest BCUT2D eigenvalue weighted by Crippen LogP contribution is 2.78. The normalized spacial score (nSPS) is 53.7. The Morgan fingerprint density at radius 1 is 1.06 bits per heavy atom. The fourth-order valence-corrected chi connectivity index (χ4v) is 8.99. The Balaban J connectivity index is 1.70. The van der Waals surface area contributed by atoms with Crippen molar-refractivity contribution >= 4 is 11.9 Å². The summed E-state index contributed by atoms with van der Waals surface area (Å²) in [6.07, 6.45) is -0.839. The monoisotopic (exact) mass is 468 g/mol. The van der Waals surface area contributed by atoms with Gasteiger partial charge in [-0.05, 0) is 49.4 Å². The lowest BCUT2D eigenvalue weighted by Gasteiger charge is -2.75. The molecule has 33 heavy (non-hydrogen) atoms. The molecule has 2 saturated heterocycles. The zero-order chi connectivity index (χ0) is 24.2. The first kappa shape index (κ1) is 23.5. The molecule has 0 aromatic heterocycles. The van der Waals surface area contributed by atoms with Crippen LogP contribution in [0.5, 0.6) is 0 Å². The van der Waals surface area contributed by atoms with Crippen LogP contribution >= 0.6 is 0 Å². The highest BCUT2D eigenvalue weighted by Gasteiger charge is 2.87. The molecule has 6 fully saturated rings. The van der Waals surface area contributed by atoms with Gasteiger partial charge in [-0.15, -0.1) is 0 Å². The Kier molecular flexibility index (Phi) is 4.91. The van der Waals surface area contributed by atoms with Crippen molar-refractivity contribution in [3.8, 4) is 0 Å². The quantitative estimate of drug-likeness (QED) is 0.436. The first-order chi connectivity index (χ1) is 15.3. The minimum absolute atomic E-state index is 0.0860. The topological polar surface area (TPSA) is 143 Å². The second kappa shape index (κ2) is 6.91. The van der Waals surface area contributed by atoms with Gasteiger partial charge in [-0.1, -0.05) is 13.8 Å². The first-order valence-electron chi connectivity index (χ1n) is 12.0. The minimum Gasteiger partial charge on any atom is -0.463 e. The zero-order valence-corrected chi connectivity index (χ0v) is 19.7. The molecule has 4 aliphatic carbocycles. The summed E-state index contributed by atoms with van der Waals surface area (Å²) in [5.41, 5.74) is -4.38. The van der Waals surface area contributed by atoms with Gasteiger partial charge < -0.3 is 34.6 Å². The third-order valence-corrected chi connectivity index (χ3v) is 10.1. The number of hydrogen-bond donors (Lipinski definition) is 4. The fourth-order valence-electron chi connectivity index (χ4n) is 8.99. The number of carbonyl (C=O) groups excluding carboxylic acids is 2. The van der Waals surface area contributed by atoms with Gasteiger partial charge in [-0.3, -0.25) is 9.59 Å². The van der Waals surface area contributed by atoms with Crippen molar-refractivity contribution in [1.29, 1.82) is 0 Å². The molecule has 10 atom stereocenters. The molecule has 0 aromatic rings. The van der Waals surface area contributed by atoms with Gasteiger partial charge in [0.05, 0.1) is 24.2 Å². The summed E-state index contributed by atoms with van der Waals surface area (Å²) >= 11 is 0. The largest absolute Gasteiger partial charge is 0.463 e. The Morgan fingerprint density at radius 3 is 2.39 bits per heavy atom. The fraction of sp³-hybridized carbons (Fsp3) is 0.917. The van der Waals surface area contributed by atoms with Crippen LogP contribution in [-0.2, 0) is 23.8 Å². The summed E-state index contributed by atoms with van der Waals surface area (Å²) in [7, 11) is 0. The van der Waals surface area contributed by atoms with Gasteiger partial charge in [-0.25, -0.2) is 0 Å². The molecule has 9 nitrogen and oxygen atoms in total. The summed E-state index contributed by atoms with van der Waals surface area (Å²) in [6.45, 7) is 6.31. The van der Waals surface area contributed by atoms with E-state index in [1.54, 1.807) is 0 Å². The average Bonchev–Trinajstić information content (AvgIpc) is 2.90. The molecule has 4 N–H and O–H groups in total. The number of rotatable bonds is 3. The van der Waals surface area contributed by atoms with E-state index in [1.807, 2.05) is 0 Å². The van der Waals surface area contributed by atoms with E-state index < -0.39 is 70.9 Å². The van der Waals surface area contributed by atoms with Gasteiger partial charge >= 0.3 is 11.9 Å². The highest BCUT2D eigenvalue weighted by molar-refractivity contribution is 5.66. The number of aliphatic hydroxyl groups excluding tert-OH is 2. The Labute approximate surface area is 193 Å². The molecule has 186 valence electrons. The van der Waals surface area contributed by atoms with E-state index in [0.717, 1.165) is 0 Å². The lowest BCUT2D eigenvalue weighted by Crippen LogP contribution is -2.84. The van der Waals surface area contributed by atoms with Crippen LogP contribution in [0, 0.1) is 34.0 Å². The summed E-state index contributed by atoms with van der Waals surface area (Å²) < 4.78 is 17.0. The van der Waals surface area contributed by atoms with E-state index in [1.165, 1.54) is 13.8 Å². The molecule has 2 aliphatic heterocycles. The summed E-state index contributed by atoms with van der Waals surface area (Å²) in [5, 5.41) is 47.1. The van der Waals surface area contributed by atoms with Gasteiger partial charge in [-0.2, -0.15) is 0 Å². The summed E-state index contributed by atoms with van der Waals surface area (Å²) in [4.78, 5) is 23.7. The summed E-state index contributed by atoms with van der Waals surface area (Å²) in [5.74, 6) is -4.42. The Hall–Kier alpha value is -1.26. The number of hydrogen-bond acceptors (Lipinski definition) is 9. The van der Waals surface area contributed by atoms with Crippen LogP contribution in [-0.4, -0.2) is 75.3 Å². The molecule has 9 heteroatoms. The van der Waals surface area contributed by atoms with E-state index in [4.69, 9.17) is 14.2 Å². The number of ether oxygens (including phenoxy) is 3. The van der Waals surface area contributed by atoms with Crippen molar-refractivity contribution in [2.75, 3.05) is 13.2 Å². The van der Waals surface area contributed by atoms with Crippen molar-refractivity contribution in [2.45, 2.75) is 89.5 Å². The van der Waals surface area contributed by atoms with Crippen LogP contribution in [0.1, 0.15) is 59.8 Å². The predicted octanol–water partition coefficient (Wildman–Crippen LogP) is 0.505. The molecule has 0 unspecified atom stereocenters. The standard InChI is InChI=1S/C24H36O9/c1-12(25)31-11-23(29)14-5-6-15-21-10-32-24(30,22(15,9-14)19(23)28)18(33-13(2)26)17(21)20(3,4)8-7-16(21)27/h14-19,27-30H,5-11H2,1-4H3/t14-,15+,16-,17-,18+,19+,21-,22+,23-,24-/m1/s1. The lowest BCUT2D eigenvalue weighted by atomic mass is 9.36. The zero-order valence-electron chi connectivity index (χ0n) is 19.7. The molecular weight excluding hydrogens is 432 g/mol. The molecule has 0 amide bonds. The van der Waals surface area contributed by atoms with Crippen molar-refractivity contribution in [3.63, 3.8) is 0 Å². The van der Waals surface area contributed by atoms with Crippen LogP contribution in [0.3, 0.4) is 0 Å². The third-order valence-electron chi connectivity index (χ3n) is 10.1. The van der Waals surface area contributed by atoms with Crippen molar-refractivity contribution in [1.82, 2.24) is 0 Å². The van der Waals surface area contributed by atoms with E-state index in [2.05, 4.69) is 13.8 Å². The second-order valence-electron chi connectivity index (χ2n) is 11.9. The number of carbonyl (C=O) groups is 2. The number of aliphatic hydroxyl groups is 4. The molecule has 4 saturated carbocycles. The lowest BCUT2D eigenvalue weighted by molar-refractivity contribution is -0.468. The molecular formula is C24H36O9. The van der Waals surface area contributed by atoms with Crippen LogP contribution in [0.15, 0.2) is 0 Å². The maximum atomic E-state index is 12.3. The van der Waals surface area contributed by atoms with E-state index in [-0.39, 0.29) is 24.4 Å². The molecule has 0 radical (unpaired) electrons. The molecule has 2 spiro atoms. The van der Waals surface area contributed by atoms with Gasteiger partial charge in [0.15, 0.2) is 6.10 Å². The first-order valence-corrected chi connectivity index (χ1v) is 12.0. The SMILES string of the molecule is CC(=O)OC[C@@]1(O)[C@@H]2CC[C@H]3[C@@]45CO[C@](O)([C@@H](OC(C)=O)[C@@H]4C(C)(C)CC[C@H]5O)[C@]3(C2)[C@@H]1O. The van der Waals surface area contributed by atoms with Crippen molar-refractivity contribution in [2.24, 2.45) is 34.0 Å². The summed E-state index contributed by atoms with van der Waals surface area (Å²) in [6, 6.07) is 0. The minimum atomic E-state index is -2.05. The second-order valence-corrected chi connectivity index (χ2v) is 11.9. The van der Waals surface area contributed by atoms with Gasteiger partial charge in [0.1, 0.15) is 12.2 Å². The van der Waals surface area contributed by atoms with Gasteiger partial charge in [0.25, 0.3) is 0 Å². The maximum absolute atomic E-state index is 12.3. The van der Waals surface area contributed by atoms with E-state index >= 15 is 0 Å². The van der Waals surface area contributed by atoms with Gasteiger partial charge in [0, 0.05) is 25.2 Å². The number of fused-ring (bicyclic) bond motifs is 2. The maximum Gasteiger partial charge on any atom is 0.303 e. The van der Waals surface area contributed by atoms with Crippen molar-refractivity contribution in [3.05, 3.63) is 0 Å². The molecule has 4 bridgehead atoms. The molecule has 6 rings (SSSR count). The van der Waals surface area contributed by atoms with Crippen molar-refractivity contribution < 1.29 is 44.2 Å². The molecule has 0 aromatic carbocycles. The van der Waals surface area contributed by atoms with Crippen LogP contribution in [0.25, 0.3) is 0 Å². The molecule has 2 heterocycles.